The van der Waals surface area contributed by atoms with Crippen LogP contribution < -0.4 is 5.32 Å². The van der Waals surface area contributed by atoms with E-state index in [1.165, 1.54) is 17.5 Å². The van der Waals surface area contributed by atoms with Crippen LogP contribution in [0.4, 0.5) is 0 Å². The van der Waals surface area contributed by atoms with Crippen molar-refractivity contribution in [2.75, 3.05) is 13.1 Å². The predicted octanol–water partition coefficient (Wildman–Crippen LogP) is 3.50. The van der Waals surface area contributed by atoms with Crippen LogP contribution >= 0.6 is 0 Å². The summed E-state index contributed by atoms with van der Waals surface area (Å²) in [6, 6.07) is 20.1. The van der Waals surface area contributed by atoms with Crippen LogP contribution in [-0.2, 0) is 22.7 Å². The summed E-state index contributed by atoms with van der Waals surface area (Å²) in [6.07, 6.45) is 3.64. The zero-order valence-corrected chi connectivity index (χ0v) is 20.0. The minimum absolute atomic E-state index is 0.158. The van der Waals surface area contributed by atoms with Crippen LogP contribution in [0.5, 0.6) is 0 Å². The van der Waals surface area contributed by atoms with Gasteiger partial charge in [0.1, 0.15) is 6.04 Å². The molecular weight excluding hydrogens is 452 g/mol. The fourth-order valence-corrected chi connectivity index (χ4v) is 5.70. The molecule has 0 aliphatic carbocycles. The quantitative estimate of drug-likeness (QED) is 0.566. The van der Waals surface area contributed by atoms with Crippen LogP contribution in [0, 0.1) is 0 Å². The molecule has 0 spiro atoms. The molecule has 2 atom stereocenters. The predicted molar refractivity (Wildman–Crippen MR) is 135 cm³/mol. The molecule has 2 fully saturated rings. The zero-order chi connectivity index (χ0) is 24.6. The van der Waals surface area contributed by atoms with Gasteiger partial charge in [0.25, 0.3) is 5.91 Å². The van der Waals surface area contributed by atoms with Crippen molar-refractivity contribution >= 4 is 17.7 Å². The molecule has 7 nitrogen and oxygen atoms in total. The number of piperidine rings is 1. The van der Waals surface area contributed by atoms with Crippen molar-refractivity contribution in [2.45, 2.75) is 44.3 Å². The molecular formula is C29H28N4O3. The number of imide groups is 1. The SMILES string of the molecule is O=C1CCC(N2Cc3cc(-c4cc(CN5CCC(c6ccccc6)C5)ccn4)ccc3C2=O)C(=O)N1. The molecule has 1 N–H and O–H groups in total. The molecule has 3 aliphatic rings. The molecule has 0 saturated carbocycles. The number of likely N-dealkylation sites (tertiary alicyclic amines) is 1. The first-order chi connectivity index (χ1) is 17.5. The van der Waals surface area contributed by atoms with E-state index in [1.807, 2.05) is 24.4 Å². The number of nitrogens with one attached hydrogen (secondary N) is 1. The van der Waals surface area contributed by atoms with Crippen molar-refractivity contribution in [1.82, 2.24) is 20.1 Å². The van der Waals surface area contributed by atoms with Crippen LogP contribution in [0.2, 0.25) is 0 Å². The number of carbonyl (C=O) groups excluding carboxylic acids is 3. The smallest absolute Gasteiger partial charge is 0.255 e. The Hall–Kier alpha value is -3.84. The lowest BCUT2D eigenvalue weighted by molar-refractivity contribution is -0.136. The maximum absolute atomic E-state index is 13.0. The van der Waals surface area contributed by atoms with Crippen molar-refractivity contribution in [3.05, 3.63) is 89.1 Å². The summed E-state index contributed by atoms with van der Waals surface area (Å²) >= 11 is 0. The fourth-order valence-electron chi connectivity index (χ4n) is 5.70. The lowest BCUT2D eigenvalue weighted by Gasteiger charge is -2.29. The Morgan fingerprint density at radius 2 is 1.83 bits per heavy atom. The van der Waals surface area contributed by atoms with Gasteiger partial charge in [0.15, 0.2) is 0 Å². The Labute approximate surface area is 210 Å². The number of carbonyl (C=O) groups is 3. The number of rotatable bonds is 5. The minimum Gasteiger partial charge on any atom is -0.322 e. The number of fused-ring (bicyclic) bond motifs is 1. The molecule has 1 aromatic heterocycles. The van der Waals surface area contributed by atoms with Crippen molar-refractivity contribution in [2.24, 2.45) is 0 Å². The number of aromatic nitrogens is 1. The lowest BCUT2D eigenvalue weighted by Crippen LogP contribution is -2.52. The Balaban J connectivity index is 1.16. The normalized spacial score (nSPS) is 22.1. The molecule has 2 unspecified atom stereocenters. The Kier molecular flexibility index (Phi) is 5.85. The summed E-state index contributed by atoms with van der Waals surface area (Å²) in [5, 5.41) is 2.35. The topological polar surface area (TPSA) is 82.6 Å². The minimum atomic E-state index is -0.604. The van der Waals surface area contributed by atoms with Gasteiger partial charge in [-0.1, -0.05) is 36.4 Å². The molecule has 2 saturated heterocycles. The van der Waals surface area contributed by atoms with Crippen molar-refractivity contribution in [3.8, 4) is 11.3 Å². The van der Waals surface area contributed by atoms with Gasteiger partial charge >= 0.3 is 0 Å². The van der Waals surface area contributed by atoms with E-state index in [4.69, 9.17) is 0 Å². The van der Waals surface area contributed by atoms with E-state index in [1.54, 1.807) is 4.90 Å². The lowest BCUT2D eigenvalue weighted by atomic mass is 9.99. The highest BCUT2D eigenvalue weighted by atomic mass is 16.2. The van der Waals surface area contributed by atoms with E-state index < -0.39 is 11.9 Å². The van der Waals surface area contributed by atoms with Gasteiger partial charge in [0.05, 0.1) is 5.69 Å². The highest BCUT2D eigenvalue weighted by Crippen LogP contribution is 2.32. The standard InChI is InChI=1S/C29H28N4O3/c34-27-9-8-26(28(35)31-27)33-18-23-15-21(6-7-24(23)29(33)36)25-14-19(10-12-30-25)16-32-13-11-22(17-32)20-4-2-1-3-5-20/h1-7,10,12,14-15,22,26H,8-9,11,13,16-18H2,(H,31,34,35). The molecule has 6 rings (SSSR count). The first-order valence-corrected chi connectivity index (χ1v) is 12.6. The third-order valence-corrected chi connectivity index (χ3v) is 7.59. The zero-order valence-electron chi connectivity index (χ0n) is 20.0. The Morgan fingerprint density at radius 1 is 0.972 bits per heavy atom. The van der Waals surface area contributed by atoms with Crippen molar-refractivity contribution < 1.29 is 14.4 Å². The third-order valence-electron chi connectivity index (χ3n) is 7.59. The van der Waals surface area contributed by atoms with Crippen LogP contribution in [0.3, 0.4) is 0 Å². The monoisotopic (exact) mass is 480 g/mol. The molecule has 36 heavy (non-hydrogen) atoms. The second-order valence-corrected chi connectivity index (χ2v) is 9.95. The van der Waals surface area contributed by atoms with Crippen LogP contribution in [-0.4, -0.2) is 51.6 Å². The summed E-state index contributed by atoms with van der Waals surface area (Å²) in [5.74, 6) is -0.250. The van der Waals surface area contributed by atoms with Crippen LogP contribution in [0.15, 0.2) is 66.9 Å². The molecule has 7 heteroatoms. The first-order valence-electron chi connectivity index (χ1n) is 12.6. The van der Waals surface area contributed by atoms with E-state index in [2.05, 4.69) is 57.7 Å². The van der Waals surface area contributed by atoms with Crippen molar-refractivity contribution in [1.29, 1.82) is 0 Å². The average molecular weight is 481 g/mol. The number of pyridine rings is 1. The fraction of sp³-hybridized carbons (Fsp3) is 0.310. The van der Waals surface area contributed by atoms with Gasteiger partial charge < -0.3 is 4.90 Å². The molecule has 2 aromatic carbocycles. The molecule has 3 amide bonds. The van der Waals surface area contributed by atoms with E-state index in [-0.39, 0.29) is 18.2 Å². The van der Waals surface area contributed by atoms with Crippen LogP contribution in [0.1, 0.15) is 52.2 Å². The Morgan fingerprint density at radius 3 is 2.67 bits per heavy atom. The molecule has 0 radical (unpaired) electrons. The van der Waals surface area contributed by atoms with Gasteiger partial charge in [-0.2, -0.15) is 0 Å². The van der Waals surface area contributed by atoms with E-state index in [0.29, 0.717) is 24.4 Å². The number of benzene rings is 2. The number of nitrogens with zero attached hydrogens (tertiary/aromatic N) is 3. The first kappa shape index (κ1) is 22.6. The summed E-state index contributed by atoms with van der Waals surface area (Å²) < 4.78 is 0. The van der Waals surface area contributed by atoms with E-state index >= 15 is 0 Å². The molecule has 0 bridgehead atoms. The maximum atomic E-state index is 13.0. The number of amides is 3. The number of hydrogen-bond donors (Lipinski definition) is 1. The number of hydrogen-bond acceptors (Lipinski definition) is 5. The summed E-state index contributed by atoms with van der Waals surface area (Å²) in [5.41, 5.74) is 5.96. The second kappa shape index (κ2) is 9.32. The van der Waals surface area contributed by atoms with Gasteiger partial charge in [0.2, 0.25) is 11.8 Å². The highest BCUT2D eigenvalue weighted by molar-refractivity contribution is 6.05. The summed E-state index contributed by atoms with van der Waals surface area (Å²) in [6.45, 7) is 3.38. The maximum Gasteiger partial charge on any atom is 0.255 e. The van der Waals surface area contributed by atoms with E-state index in [9.17, 15) is 14.4 Å². The largest absolute Gasteiger partial charge is 0.322 e. The van der Waals surface area contributed by atoms with Gasteiger partial charge in [-0.05, 0) is 66.3 Å². The third kappa shape index (κ3) is 4.31. The summed E-state index contributed by atoms with van der Waals surface area (Å²) in [7, 11) is 0. The second-order valence-electron chi connectivity index (χ2n) is 9.95. The molecule has 182 valence electrons. The van der Waals surface area contributed by atoms with Gasteiger partial charge in [-0.25, -0.2) is 0 Å². The van der Waals surface area contributed by atoms with Gasteiger partial charge in [0, 0.05) is 43.4 Å². The average Bonchev–Trinajstić information content (AvgIpc) is 3.49. The van der Waals surface area contributed by atoms with Gasteiger partial charge in [-0.3, -0.25) is 29.6 Å². The molecule has 3 aliphatic heterocycles. The molecule has 4 heterocycles. The summed E-state index contributed by atoms with van der Waals surface area (Å²) in [4.78, 5) is 45.5. The molecule has 3 aromatic rings. The van der Waals surface area contributed by atoms with Crippen LogP contribution in [0.25, 0.3) is 11.3 Å². The van der Waals surface area contributed by atoms with Crippen molar-refractivity contribution in [3.63, 3.8) is 0 Å². The van der Waals surface area contributed by atoms with E-state index in [0.717, 1.165) is 36.5 Å². The Bertz CT molecular complexity index is 1340. The van der Waals surface area contributed by atoms with Gasteiger partial charge in [-0.15, -0.1) is 0 Å². The highest BCUT2D eigenvalue weighted by Gasteiger charge is 2.39.